The number of phosphoric acid groups is 1. The van der Waals surface area contributed by atoms with Crippen molar-refractivity contribution in [2.24, 2.45) is 0 Å². The smallest absolute Gasteiger partial charge is 0.370 e. The first-order valence-electron chi connectivity index (χ1n) is 12.8. The Morgan fingerprint density at radius 1 is 0.971 bits per heavy atom. The Bertz CT molecular complexity index is 855. The number of nitrogens with zero attached hydrogens (tertiary/aromatic N) is 1. The van der Waals surface area contributed by atoms with E-state index in [4.69, 9.17) is 19.8 Å². The lowest BCUT2D eigenvalue weighted by Gasteiger charge is -2.16. The summed E-state index contributed by atoms with van der Waals surface area (Å²) in [5, 5.41) is 8.81. The van der Waals surface area contributed by atoms with E-state index in [-0.39, 0.29) is 25.2 Å². The van der Waals surface area contributed by atoms with Crippen LogP contribution >= 0.6 is 7.82 Å². The largest absolute Gasteiger partial charge is 0.469 e. The summed E-state index contributed by atoms with van der Waals surface area (Å²) < 4.78 is 35.0. The van der Waals surface area contributed by atoms with Crippen LogP contribution < -0.4 is 0 Å². The molecule has 0 spiro atoms. The van der Waals surface area contributed by atoms with Crippen molar-refractivity contribution in [2.75, 3.05) is 6.61 Å². The maximum absolute atomic E-state index is 13.8. The number of hydrogen-bond acceptors (Lipinski definition) is 4. The number of ether oxygens (including phenoxy) is 1. The molecule has 0 fully saturated rings. The van der Waals surface area contributed by atoms with E-state index in [2.05, 4.69) is 23.3 Å². The summed E-state index contributed by atoms with van der Waals surface area (Å²) in [5.74, 6) is 5.46. The van der Waals surface area contributed by atoms with Gasteiger partial charge in [0.05, 0.1) is 24.9 Å². The quantitative estimate of drug-likeness (QED) is 0.116. The van der Waals surface area contributed by atoms with Crippen LogP contribution in [0.2, 0.25) is 0 Å². The van der Waals surface area contributed by atoms with Gasteiger partial charge in [-0.3, -0.25) is 4.52 Å². The minimum absolute atomic E-state index is 0.0121. The molecular weight excluding hydrogens is 468 g/mol. The molecular formula is C27H41FNO5P. The summed E-state index contributed by atoms with van der Waals surface area (Å²) in [6, 6.07) is 5.90. The van der Waals surface area contributed by atoms with E-state index < -0.39 is 19.7 Å². The first-order valence-corrected chi connectivity index (χ1v) is 14.3. The molecule has 0 aliphatic rings. The Morgan fingerprint density at radius 2 is 1.57 bits per heavy atom. The number of halogens is 1. The van der Waals surface area contributed by atoms with Gasteiger partial charge in [0.1, 0.15) is 11.9 Å². The number of benzene rings is 1. The van der Waals surface area contributed by atoms with E-state index in [0.717, 1.165) is 19.3 Å². The lowest BCUT2D eigenvalue weighted by atomic mass is 10.0. The molecule has 196 valence electrons. The zero-order valence-electron chi connectivity index (χ0n) is 21.0. The Morgan fingerprint density at radius 3 is 2.11 bits per heavy atom. The molecule has 0 radical (unpaired) electrons. The maximum Gasteiger partial charge on any atom is 0.469 e. The lowest BCUT2D eigenvalue weighted by Crippen LogP contribution is -2.19. The van der Waals surface area contributed by atoms with Gasteiger partial charge in [-0.1, -0.05) is 83.6 Å². The zero-order chi connectivity index (χ0) is 25.8. The minimum Gasteiger partial charge on any atom is -0.370 e. The van der Waals surface area contributed by atoms with Crippen molar-refractivity contribution in [3.05, 3.63) is 35.1 Å². The van der Waals surface area contributed by atoms with E-state index >= 15 is 0 Å². The molecule has 8 heteroatoms. The molecule has 0 bridgehead atoms. The van der Waals surface area contributed by atoms with Crippen molar-refractivity contribution in [1.82, 2.24) is 0 Å². The zero-order valence-corrected chi connectivity index (χ0v) is 21.9. The summed E-state index contributed by atoms with van der Waals surface area (Å²) >= 11 is 0. The third-order valence-corrected chi connectivity index (χ3v) is 6.16. The molecule has 1 rings (SSSR count). The van der Waals surface area contributed by atoms with Gasteiger partial charge < -0.3 is 14.5 Å². The highest BCUT2D eigenvalue weighted by Gasteiger charge is 2.18. The molecule has 0 aliphatic carbocycles. The molecule has 1 atom stereocenters. The highest BCUT2D eigenvalue weighted by molar-refractivity contribution is 7.46. The number of phosphoric ester groups is 1. The first kappa shape index (κ1) is 31.3. The number of unbranched alkanes of at least 4 members (excludes halogenated alkanes) is 12. The van der Waals surface area contributed by atoms with Crippen LogP contribution in [-0.2, 0) is 20.4 Å². The van der Waals surface area contributed by atoms with Gasteiger partial charge in [-0.15, -0.1) is 11.8 Å². The fourth-order valence-electron chi connectivity index (χ4n) is 3.63. The molecule has 6 nitrogen and oxygen atoms in total. The van der Waals surface area contributed by atoms with Crippen LogP contribution in [0.5, 0.6) is 0 Å². The normalized spacial score (nSPS) is 12.1. The lowest BCUT2D eigenvalue weighted by molar-refractivity contribution is 0.00525. The fourth-order valence-corrected chi connectivity index (χ4v) is 3.99. The van der Waals surface area contributed by atoms with Crippen LogP contribution in [0.3, 0.4) is 0 Å². The summed E-state index contributed by atoms with van der Waals surface area (Å²) in [7, 11) is -4.63. The third kappa shape index (κ3) is 17.4. The Labute approximate surface area is 210 Å². The Hall–Kier alpha value is -1.73. The molecule has 0 aromatic heterocycles. The topological polar surface area (TPSA) is 99.8 Å². The van der Waals surface area contributed by atoms with Crippen LogP contribution in [0.15, 0.2) is 18.2 Å². The average Bonchev–Trinajstić information content (AvgIpc) is 2.82. The standard InChI is InChI=1S/C27H41FNO5P/c1-2-3-4-5-6-7-8-9-10-11-12-13-14-15-16-17-26(23-34-35(30,31)32)33-22-24-18-19-25(21-29)27(28)20-24/h18-20,26H,2-14,17,22-23H2,1H3,(H2,30,31,32)/t26-/m1/s1. The second-order valence-electron chi connectivity index (χ2n) is 8.84. The molecule has 0 unspecified atom stereocenters. The number of nitriles is 1. The Kier molecular flexibility index (Phi) is 17.4. The van der Waals surface area contributed by atoms with Gasteiger partial charge in [-0.05, 0) is 24.1 Å². The van der Waals surface area contributed by atoms with Gasteiger partial charge >= 0.3 is 7.82 Å². The summed E-state index contributed by atoms with van der Waals surface area (Å²) in [6.45, 7) is 1.93. The van der Waals surface area contributed by atoms with Gasteiger partial charge in [-0.25, -0.2) is 8.96 Å². The number of hydrogen-bond donors (Lipinski definition) is 2. The SMILES string of the molecule is CCCCCCCCCCCCCCC#CC[C@H](COP(=O)(O)O)OCc1ccc(C#N)c(F)c1. The molecule has 35 heavy (non-hydrogen) atoms. The van der Waals surface area contributed by atoms with E-state index in [9.17, 15) is 8.96 Å². The van der Waals surface area contributed by atoms with Crippen LogP contribution in [0.25, 0.3) is 0 Å². The van der Waals surface area contributed by atoms with E-state index in [1.165, 1.54) is 76.3 Å². The fraction of sp³-hybridized carbons (Fsp3) is 0.667. The molecule has 0 aliphatic heterocycles. The van der Waals surface area contributed by atoms with Crippen molar-refractivity contribution in [1.29, 1.82) is 5.26 Å². The first-order chi connectivity index (χ1) is 16.9. The summed E-state index contributed by atoms with van der Waals surface area (Å²) in [4.78, 5) is 17.9. The van der Waals surface area contributed by atoms with Crippen LogP contribution in [0.4, 0.5) is 4.39 Å². The molecule has 1 aromatic rings. The number of rotatable bonds is 19. The predicted molar refractivity (Wildman–Crippen MR) is 136 cm³/mol. The predicted octanol–water partition coefficient (Wildman–Crippen LogP) is 7.18. The van der Waals surface area contributed by atoms with Gasteiger partial charge in [-0.2, -0.15) is 5.26 Å². The van der Waals surface area contributed by atoms with Crippen LogP contribution in [0.1, 0.15) is 108 Å². The molecule has 0 amide bonds. The van der Waals surface area contributed by atoms with Gasteiger partial charge in [0.2, 0.25) is 0 Å². The summed E-state index contributed by atoms with van der Waals surface area (Å²) in [5.41, 5.74) is 0.450. The second-order valence-corrected chi connectivity index (χ2v) is 10.1. The minimum atomic E-state index is -4.63. The summed E-state index contributed by atoms with van der Waals surface area (Å²) in [6.07, 6.45) is 15.8. The van der Waals surface area contributed by atoms with E-state index in [1.54, 1.807) is 12.1 Å². The molecule has 0 heterocycles. The maximum atomic E-state index is 13.8. The molecule has 2 N–H and O–H groups in total. The van der Waals surface area contributed by atoms with Crippen molar-refractivity contribution in [3.8, 4) is 17.9 Å². The van der Waals surface area contributed by atoms with Crippen molar-refractivity contribution in [2.45, 2.75) is 110 Å². The van der Waals surface area contributed by atoms with Crippen molar-refractivity contribution < 1.29 is 28.0 Å². The van der Waals surface area contributed by atoms with Gasteiger partial charge in [0.25, 0.3) is 0 Å². The van der Waals surface area contributed by atoms with Crippen molar-refractivity contribution >= 4 is 7.82 Å². The molecule has 0 saturated carbocycles. The van der Waals surface area contributed by atoms with Crippen LogP contribution in [-0.4, -0.2) is 22.5 Å². The van der Waals surface area contributed by atoms with Gasteiger partial charge in [0.15, 0.2) is 0 Å². The van der Waals surface area contributed by atoms with Crippen molar-refractivity contribution in [3.63, 3.8) is 0 Å². The highest BCUT2D eigenvalue weighted by atomic mass is 31.2. The second kappa shape index (κ2) is 19.5. The average molecular weight is 510 g/mol. The van der Waals surface area contributed by atoms with E-state index in [0.29, 0.717) is 5.56 Å². The monoisotopic (exact) mass is 509 g/mol. The highest BCUT2D eigenvalue weighted by Crippen LogP contribution is 2.36. The molecule has 0 saturated heterocycles. The molecule has 1 aromatic carbocycles. The van der Waals surface area contributed by atoms with Crippen LogP contribution in [0, 0.1) is 29.0 Å². The Balaban J connectivity index is 2.26. The van der Waals surface area contributed by atoms with E-state index in [1.807, 2.05) is 0 Å². The van der Waals surface area contributed by atoms with Gasteiger partial charge in [0, 0.05) is 12.8 Å². The third-order valence-electron chi connectivity index (χ3n) is 5.68.